The highest BCUT2D eigenvalue weighted by molar-refractivity contribution is 5.55. The standard InChI is InChI=1S/C8H8F3N3O4/c1-17-7-4(2-12)6(14(15)16)5(3-13-7)18-8(9,10)11/h3H,2,12H2,1H3. The molecule has 1 aromatic rings. The lowest BCUT2D eigenvalue weighted by atomic mass is 10.2. The van der Waals surface area contributed by atoms with Gasteiger partial charge in [0.05, 0.1) is 18.2 Å². The number of methoxy groups -OCH3 is 1. The van der Waals surface area contributed by atoms with Crippen LogP contribution in [0.1, 0.15) is 5.56 Å². The molecule has 1 aromatic heterocycles. The Morgan fingerprint density at radius 1 is 1.56 bits per heavy atom. The number of hydrogen-bond acceptors (Lipinski definition) is 6. The van der Waals surface area contributed by atoms with Crippen LogP contribution in [-0.4, -0.2) is 23.4 Å². The molecule has 1 rings (SSSR count). The molecule has 0 aliphatic carbocycles. The highest BCUT2D eigenvalue weighted by atomic mass is 19.4. The molecule has 2 N–H and O–H groups in total. The van der Waals surface area contributed by atoms with Crippen molar-refractivity contribution in [1.82, 2.24) is 4.98 Å². The molecule has 0 aliphatic heterocycles. The summed E-state index contributed by atoms with van der Waals surface area (Å²) in [5.41, 5.74) is 4.05. The van der Waals surface area contributed by atoms with Crippen molar-refractivity contribution < 1.29 is 27.6 Å². The van der Waals surface area contributed by atoms with Gasteiger partial charge in [-0.2, -0.15) is 0 Å². The molecular formula is C8H8F3N3O4. The predicted molar refractivity (Wildman–Crippen MR) is 52.0 cm³/mol. The zero-order chi connectivity index (χ0) is 13.9. The number of pyridine rings is 1. The number of ether oxygens (including phenoxy) is 2. The second-order valence-electron chi connectivity index (χ2n) is 2.97. The maximum atomic E-state index is 12.1. The van der Waals surface area contributed by atoms with Crippen LogP contribution in [0.15, 0.2) is 6.20 Å². The summed E-state index contributed by atoms with van der Waals surface area (Å²) in [5, 5.41) is 10.8. The van der Waals surface area contributed by atoms with Crippen molar-refractivity contribution in [1.29, 1.82) is 0 Å². The molecule has 100 valence electrons. The molecular weight excluding hydrogens is 259 g/mol. The number of aromatic nitrogens is 1. The number of halogens is 3. The zero-order valence-electron chi connectivity index (χ0n) is 9.02. The Balaban J connectivity index is 3.39. The highest BCUT2D eigenvalue weighted by Crippen LogP contribution is 2.37. The number of nitro groups is 1. The Hall–Kier alpha value is -2.10. The first-order valence-corrected chi connectivity index (χ1v) is 4.46. The molecule has 0 atom stereocenters. The van der Waals surface area contributed by atoms with Crippen molar-refractivity contribution in [3.05, 3.63) is 21.9 Å². The van der Waals surface area contributed by atoms with Gasteiger partial charge < -0.3 is 15.2 Å². The molecule has 18 heavy (non-hydrogen) atoms. The first-order chi connectivity index (χ1) is 8.30. The summed E-state index contributed by atoms with van der Waals surface area (Å²) in [7, 11) is 1.16. The second kappa shape index (κ2) is 5.04. The van der Waals surface area contributed by atoms with Crippen molar-refractivity contribution in [3.8, 4) is 11.6 Å². The summed E-state index contributed by atoms with van der Waals surface area (Å²) in [4.78, 5) is 13.2. The van der Waals surface area contributed by atoms with Crippen molar-refractivity contribution >= 4 is 5.69 Å². The maximum Gasteiger partial charge on any atom is 0.573 e. The summed E-state index contributed by atoms with van der Waals surface area (Å²) in [5.74, 6) is -1.26. The summed E-state index contributed by atoms with van der Waals surface area (Å²) in [6, 6.07) is 0. The fourth-order valence-electron chi connectivity index (χ4n) is 1.27. The van der Waals surface area contributed by atoms with Crippen LogP contribution in [0.25, 0.3) is 0 Å². The van der Waals surface area contributed by atoms with Gasteiger partial charge in [0.2, 0.25) is 11.6 Å². The number of alkyl halides is 3. The third-order valence-electron chi connectivity index (χ3n) is 1.88. The molecule has 1 heterocycles. The average molecular weight is 267 g/mol. The first-order valence-electron chi connectivity index (χ1n) is 4.46. The SMILES string of the molecule is COc1ncc(OC(F)(F)F)c([N+](=O)[O-])c1CN. The molecule has 0 aromatic carbocycles. The molecule has 7 nitrogen and oxygen atoms in total. The third kappa shape index (κ3) is 2.97. The Morgan fingerprint density at radius 2 is 2.17 bits per heavy atom. The van der Waals surface area contributed by atoms with E-state index in [2.05, 4.69) is 14.5 Å². The molecule has 0 radical (unpaired) electrons. The quantitative estimate of drug-likeness (QED) is 0.652. The zero-order valence-corrected chi connectivity index (χ0v) is 9.02. The van der Waals surface area contributed by atoms with E-state index < -0.39 is 29.3 Å². The molecule has 0 bridgehead atoms. The van der Waals surface area contributed by atoms with E-state index >= 15 is 0 Å². The van der Waals surface area contributed by atoms with E-state index in [9.17, 15) is 23.3 Å². The van der Waals surface area contributed by atoms with Gasteiger partial charge in [0.25, 0.3) is 0 Å². The van der Waals surface area contributed by atoms with Crippen LogP contribution in [0.5, 0.6) is 11.6 Å². The number of hydrogen-bond donors (Lipinski definition) is 1. The lowest BCUT2D eigenvalue weighted by Gasteiger charge is -2.12. The molecule has 0 fully saturated rings. The molecule has 10 heteroatoms. The normalized spacial score (nSPS) is 11.2. The Bertz CT molecular complexity index is 464. The van der Waals surface area contributed by atoms with Crippen LogP contribution in [0.2, 0.25) is 0 Å². The van der Waals surface area contributed by atoms with E-state index in [0.717, 1.165) is 7.11 Å². The van der Waals surface area contributed by atoms with E-state index in [1.807, 2.05) is 0 Å². The van der Waals surface area contributed by atoms with Crippen LogP contribution in [-0.2, 0) is 6.54 Å². The van der Waals surface area contributed by atoms with E-state index in [0.29, 0.717) is 6.20 Å². The third-order valence-corrected chi connectivity index (χ3v) is 1.88. The lowest BCUT2D eigenvalue weighted by Crippen LogP contribution is -2.19. The van der Waals surface area contributed by atoms with Crippen LogP contribution >= 0.6 is 0 Å². The average Bonchev–Trinajstić information content (AvgIpc) is 2.25. The minimum Gasteiger partial charge on any atom is -0.481 e. The molecule has 0 saturated heterocycles. The van der Waals surface area contributed by atoms with E-state index in [4.69, 9.17) is 5.73 Å². The van der Waals surface area contributed by atoms with Gasteiger partial charge >= 0.3 is 12.0 Å². The van der Waals surface area contributed by atoms with E-state index in [-0.39, 0.29) is 11.4 Å². The van der Waals surface area contributed by atoms with Gasteiger partial charge in [-0.3, -0.25) is 10.1 Å². The fraction of sp³-hybridized carbons (Fsp3) is 0.375. The molecule has 0 unspecified atom stereocenters. The van der Waals surface area contributed by atoms with Gasteiger partial charge in [0.1, 0.15) is 5.56 Å². The summed E-state index contributed by atoms with van der Waals surface area (Å²) in [6.45, 7) is -0.415. The molecule has 0 amide bonds. The topological polar surface area (TPSA) is 101 Å². The van der Waals surface area contributed by atoms with Gasteiger partial charge in [-0.05, 0) is 0 Å². The number of nitrogens with two attached hydrogens (primary N) is 1. The minimum absolute atomic E-state index is 0.223. The fourth-order valence-corrected chi connectivity index (χ4v) is 1.27. The maximum absolute atomic E-state index is 12.1. The lowest BCUT2D eigenvalue weighted by molar-refractivity contribution is -0.389. The van der Waals surface area contributed by atoms with Crippen molar-refractivity contribution in [2.45, 2.75) is 12.9 Å². The summed E-state index contributed by atoms with van der Waals surface area (Å²) < 4.78 is 44.4. The minimum atomic E-state index is -5.06. The van der Waals surface area contributed by atoms with Crippen molar-refractivity contribution in [3.63, 3.8) is 0 Å². The smallest absolute Gasteiger partial charge is 0.481 e. The Kier molecular flexibility index (Phi) is 3.91. The van der Waals surface area contributed by atoms with Crippen LogP contribution < -0.4 is 15.2 Å². The number of nitrogens with zero attached hydrogens (tertiary/aromatic N) is 2. The second-order valence-corrected chi connectivity index (χ2v) is 2.97. The molecule has 0 aliphatic rings. The van der Waals surface area contributed by atoms with E-state index in [1.54, 1.807) is 0 Å². The predicted octanol–water partition coefficient (Wildman–Crippen LogP) is 1.36. The van der Waals surface area contributed by atoms with Gasteiger partial charge in [0, 0.05) is 6.54 Å². The monoisotopic (exact) mass is 267 g/mol. The van der Waals surface area contributed by atoms with Gasteiger partial charge in [-0.25, -0.2) is 4.98 Å². The summed E-state index contributed by atoms with van der Waals surface area (Å²) >= 11 is 0. The van der Waals surface area contributed by atoms with Crippen LogP contribution in [0.4, 0.5) is 18.9 Å². The molecule has 0 spiro atoms. The van der Waals surface area contributed by atoms with Gasteiger partial charge in [-0.1, -0.05) is 0 Å². The Morgan fingerprint density at radius 3 is 2.56 bits per heavy atom. The number of rotatable bonds is 4. The summed E-state index contributed by atoms with van der Waals surface area (Å²) in [6.07, 6.45) is -4.50. The van der Waals surface area contributed by atoms with Crippen molar-refractivity contribution in [2.24, 2.45) is 5.73 Å². The van der Waals surface area contributed by atoms with Crippen LogP contribution in [0, 0.1) is 10.1 Å². The Labute approximate surface area is 98.5 Å². The first kappa shape index (κ1) is 14.0. The van der Waals surface area contributed by atoms with Gasteiger partial charge in [-0.15, -0.1) is 13.2 Å². The van der Waals surface area contributed by atoms with E-state index in [1.165, 1.54) is 0 Å². The highest BCUT2D eigenvalue weighted by Gasteiger charge is 2.36. The molecule has 0 saturated carbocycles. The van der Waals surface area contributed by atoms with Crippen LogP contribution in [0.3, 0.4) is 0 Å². The largest absolute Gasteiger partial charge is 0.573 e. The van der Waals surface area contributed by atoms with Crippen molar-refractivity contribution in [2.75, 3.05) is 7.11 Å². The van der Waals surface area contributed by atoms with Gasteiger partial charge in [0.15, 0.2) is 0 Å².